The molecule has 2 aromatic rings. The molecule has 0 saturated carbocycles. The summed E-state index contributed by atoms with van der Waals surface area (Å²) in [4.78, 5) is 33.0. The van der Waals surface area contributed by atoms with Gasteiger partial charge in [0.2, 0.25) is 5.91 Å². The van der Waals surface area contributed by atoms with Gasteiger partial charge in [-0.1, -0.05) is 30.3 Å². The summed E-state index contributed by atoms with van der Waals surface area (Å²) in [7, 11) is 0. The number of amides is 1. The number of nitrogens with zero attached hydrogens (tertiary/aromatic N) is 2. The maximum atomic E-state index is 12.5. The maximum Gasteiger partial charge on any atom is 0.254 e. The highest BCUT2D eigenvalue weighted by Gasteiger charge is 2.15. The van der Waals surface area contributed by atoms with Gasteiger partial charge in [-0.2, -0.15) is 0 Å². The molecule has 0 unspecified atom stereocenters. The molecule has 0 aliphatic rings. The molecule has 6 heteroatoms. The number of rotatable bonds is 7. The average Bonchev–Trinajstić information content (AvgIpc) is 2.54. The van der Waals surface area contributed by atoms with Crippen LogP contribution >= 0.6 is 0 Å². The Morgan fingerprint density at radius 3 is 2.58 bits per heavy atom. The average molecular weight is 329 g/mol. The van der Waals surface area contributed by atoms with Gasteiger partial charge in [0.05, 0.1) is 6.61 Å². The van der Waals surface area contributed by atoms with Gasteiger partial charge in [0, 0.05) is 30.8 Å². The summed E-state index contributed by atoms with van der Waals surface area (Å²) in [5.74, 6) is 0.478. The number of carbonyl (C=O) groups excluding carboxylic acids is 1. The molecule has 2 N–H and O–H groups in total. The fraction of sp³-hybridized carbons (Fsp3) is 0.389. The summed E-state index contributed by atoms with van der Waals surface area (Å²) < 4.78 is 0. The lowest BCUT2D eigenvalue weighted by molar-refractivity contribution is -0.132. The van der Waals surface area contributed by atoms with Crippen LogP contribution in [0.3, 0.4) is 0 Å². The Balaban J connectivity index is 2.04. The highest BCUT2D eigenvalue weighted by Crippen LogP contribution is 2.09. The molecule has 1 heterocycles. The van der Waals surface area contributed by atoms with Crippen molar-refractivity contribution in [3.8, 4) is 0 Å². The molecule has 1 amide bonds. The van der Waals surface area contributed by atoms with Crippen molar-refractivity contribution in [1.82, 2.24) is 14.9 Å². The molecule has 1 aromatic carbocycles. The van der Waals surface area contributed by atoms with Crippen LogP contribution in [0.4, 0.5) is 0 Å². The number of carbonyl (C=O) groups is 1. The van der Waals surface area contributed by atoms with Crippen LogP contribution in [-0.4, -0.2) is 39.0 Å². The Hall–Kier alpha value is -2.47. The van der Waals surface area contributed by atoms with Gasteiger partial charge in [-0.3, -0.25) is 9.59 Å². The molecule has 0 spiro atoms. The third-order valence-electron chi connectivity index (χ3n) is 3.87. The largest absolute Gasteiger partial charge is 0.395 e. The Morgan fingerprint density at radius 2 is 1.96 bits per heavy atom. The first-order valence-electron chi connectivity index (χ1n) is 8.00. The molecule has 2 rings (SSSR count). The molecule has 0 aliphatic carbocycles. The Kier molecular flexibility index (Phi) is 6.26. The van der Waals surface area contributed by atoms with Gasteiger partial charge in [0.25, 0.3) is 5.56 Å². The molecular weight excluding hydrogens is 306 g/mol. The van der Waals surface area contributed by atoms with Crippen LogP contribution < -0.4 is 5.56 Å². The zero-order chi connectivity index (χ0) is 17.5. The first-order valence-corrected chi connectivity index (χ1v) is 8.00. The number of hydrogen-bond acceptors (Lipinski definition) is 4. The van der Waals surface area contributed by atoms with Crippen molar-refractivity contribution < 1.29 is 9.90 Å². The lowest BCUT2D eigenvalue weighted by Crippen LogP contribution is -2.33. The summed E-state index contributed by atoms with van der Waals surface area (Å²) in [6, 6.07) is 9.63. The second kappa shape index (κ2) is 8.40. The minimum Gasteiger partial charge on any atom is -0.395 e. The van der Waals surface area contributed by atoms with Crippen LogP contribution in [0.1, 0.15) is 29.1 Å². The zero-order valence-corrected chi connectivity index (χ0v) is 14.1. The molecule has 0 fully saturated rings. The number of aliphatic hydroxyl groups excluding tert-OH is 1. The zero-order valence-electron chi connectivity index (χ0n) is 14.1. The van der Waals surface area contributed by atoms with Crippen LogP contribution in [0.15, 0.2) is 35.1 Å². The van der Waals surface area contributed by atoms with E-state index in [1.165, 1.54) is 0 Å². The SMILES string of the molecule is Cc1nc(C)c(CCC(=O)N(CCO)Cc2ccccc2)c(=O)[nH]1. The normalized spacial score (nSPS) is 10.6. The monoisotopic (exact) mass is 329 g/mol. The number of benzene rings is 1. The van der Waals surface area contributed by atoms with Gasteiger partial charge in [-0.15, -0.1) is 0 Å². The third-order valence-corrected chi connectivity index (χ3v) is 3.87. The van der Waals surface area contributed by atoms with Crippen LogP contribution in [0.2, 0.25) is 0 Å². The lowest BCUT2D eigenvalue weighted by atomic mass is 10.1. The van der Waals surface area contributed by atoms with Crippen LogP contribution in [0.25, 0.3) is 0 Å². The fourth-order valence-corrected chi connectivity index (χ4v) is 2.65. The number of nitrogens with one attached hydrogen (secondary N) is 1. The van der Waals surface area contributed by atoms with Gasteiger partial charge in [-0.25, -0.2) is 4.98 Å². The molecule has 1 aromatic heterocycles. The van der Waals surface area contributed by atoms with Crippen molar-refractivity contribution in [2.75, 3.05) is 13.2 Å². The second-order valence-corrected chi connectivity index (χ2v) is 5.74. The topological polar surface area (TPSA) is 86.3 Å². The molecule has 0 bridgehead atoms. The van der Waals surface area contributed by atoms with E-state index in [1.54, 1.807) is 18.7 Å². The van der Waals surface area contributed by atoms with Crippen molar-refractivity contribution >= 4 is 5.91 Å². The van der Waals surface area contributed by atoms with E-state index >= 15 is 0 Å². The molecule has 0 aliphatic heterocycles. The molecular formula is C18H23N3O3. The summed E-state index contributed by atoms with van der Waals surface area (Å²) in [6.07, 6.45) is 0.547. The van der Waals surface area contributed by atoms with Gasteiger partial charge in [0.15, 0.2) is 0 Å². The smallest absolute Gasteiger partial charge is 0.254 e. The van der Waals surface area contributed by atoms with Crippen molar-refractivity contribution in [3.63, 3.8) is 0 Å². The number of aromatic amines is 1. The van der Waals surface area contributed by atoms with E-state index in [9.17, 15) is 14.7 Å². The summed E-state index contributed by atoms with van der Waals surface area (Å²) >= 11 is 0. The van der Waals surface area contributed by atoms with Crippen LogP contribution in [0.5, 0.6) is 0 Å². The molecule has 24 heavy (non-hydrogen) atoms. The van der Waals surface area contributed by atoms with E-state index in [0.29, 0.717) is 30.0 Å². The van der Waals surface area contributed by atoms with E-state index in [0.717, 1.165) is 5.56 Å². The summed E-state index contributed by atoms with van der Waals surface area (Å²) in [6.45, 7) is 4.13. The first-order chi connectivity index (χ1) is 11.5. The number of hydrogen-bond donors (Lipinski definition) is 2. The third kappa shape index (κ3) is 4.76. The van der Waals surface area contributed by atoms with E-state index < -0.39 is 0 Å². The maximum absolute atomic E-state index is 12.5. The molecule has 128 valence electrons. The minimum absolute atomic E-state index is 0.0905. The summed E-state index contributed by atoms with van der Waals surface area (Å²) in [5, 5.41) is 9.21. The van der Waals surface area contributed by atoms with Crippen molar-refractivity contribution in [1.29, 1.82) is 0 Å². The number of H-pyrrole nitrogens is 1. The van der Waals surface area contributed by atoms with E-state index in [1.807, 2.05) is 30.3 Å². The van der Waals surface area contributed by atoms with Gasteiger partial charge >= 0.3 is 0 Å². The predicted molar refractivity (Wildman–Crippen MR) is 91.6 cm³/mol. The molecule has 0 radical (unpaired) electrons. The van der Waals surface area contributed by atoms with Crippen molar-refractivity contribution in [3.05, 3.63) is 63.3 Å². The van der Waals surface area contributed by atoms with Crippen LogP contribution in [0, 0.1) is 13.8 Å². The van der Waals surface area contributed by atoms with Crippen molar-refractivity contribution in [2.24, 2.45) is 0 Å². The lowest BCUT2D eigenvalue weighted by Gasteiger charge is -2.22. The van der Waals surface area contributed by atoms with Crippen molar-refractivity contribution in [2.45, 2.75) is 33.2 Å². The quantitative estimate of drug-likeness (QED) is 0.802. The van der Waals surface area contributed by atoms with Crippen LogP contribution in [-0.2, 0) is 17.8 Å². The van der Waals surface area contributed by atoms with Gasteiger partial charge < -0.3 is 15.0 Å². The number of aromatic nitrogens is 2. The Bertz CT molecular complexity index is 741. The van der Waals surface area contributed by atoms with E-state index in [4.69, 9.17) is 0 Å². The molecule has 0 atom stereocenters. The van der Waals surface area contributed by atoms with Gasteiger partial charge in [0.1, 0.15) is 5.82 Å². The standard InChI is InChI=1S/C18H23N3O3/c1-13-16(18(24)20-14(2)19-13)8-9-17(23)21(10-11-22)12-15-6-4-3-5-7-15/h3-7,22H,8-12H2,1-2H3,(H,19,20,24). The predicted octanol–water partition coefficient (Wildman–Crippen LogP) is 1.34. The van der Waals surface area contributed by atoms with Gasteiger partial charge in [-0.05, 0) is 25.8 Å². The highest BCUT2D eigenvalue weighted by atomic mass is 16.3. The number of aryl methyl sites for hydroxylation is 2. The summed E-state index contributed by atoms with van der Waals surface area (Å²) in [5.41, 5.74) is 2.01. The van der Waals surface area contributed by atoms with E-state index in [-0.39, 0.29) is 31.0 Å². The minimum atomic E-state index is -0.190. The Morgan fingerprint density at radius 1 is 1.25 bits per heavy atom. The molecule has 6 nitrogen and oxygen atoms in total. The van der Waals surface area contributed by atoms with E-state index in [2.05, 4.69) is 9.97 Å². The first kappa shape index (κ1) is 17.9. The molecule has 0 saturated heterocycles. The number of aliphatic hydroxyl groups is 1. The fourth-order valence-electron chi connectivity index (χ4n) is 2.65. The highest BCUT2D eigenvalue weighted by molar-refractivity contribution is 5.76. The Labute approximate surface area is 141 Å². The second-order valence-electron chi connectivity index (χ2n) is 5.74.